The highest BCUT2D eigenvalue weighted by Gasteiger charge is 2.46. The standard InChI is InChI=1S/C16H27N3O4/c1-10(2)23-16(3,4)15(22)18-8-12(9-18)19-7-11(6-13(19)20)14(21)17-5/h10-12H,6-9H2,1-5H3,(H,17,21). The lowest BCUT2D eigenvalue weighted by Gasteiger charge is -2.46. The van der Waals surface area contributed by atoms with Gasteiger partial charge in [0.25, 0.3) is 5.91 Å². The van der Waals surface area contributed by atoms with Gasteiger partial charge < -0.3 is 19.9 Å². The number of nitrogens with zero attached hydrogens (tertiary/aromatic N) is 2. The summed E-state index contributed by atoms with van der Waals surface area (Å²) in [4.78, 5) is 39.7. The zero-order valence-corrected chi connectivity index (χ0v) is 14.6. The van der Waals surface area contributed by atoms with Crippen LogP contribution < -0.4 is 5.32 Å². The first-order chi connectivity index (χ1) is 10.7. The van der Waals surface area contributed by atoms with E-state index >= 15 is 0 Å². The first-order valence-electron chi connectivity index (χ1n) is 8.14. The lowest BCUT2D eigenvalue weighted by atomic mass is 10.0. The Bertz CT molecular complexity index is 498. The van der Waals surface area contributed by atoms with Crippen LogP contribution in [0.15, 0.2) is 0 Å². The van der Waals surface area contributed by atoms with E-state index in [1.54, 1.807) is 30.7 Å². The number of nitrogens with one attached hydrogen (secondary N) is 1. The molecular weight excluding hydrogens is 298 g/mol. The van der Waals surface area contributed by atoms with Crippen molar-refractivity contribution in [2.45, 2.75) is 51.9 Å². The van der Waals surface area contributed by atoms with Crippen LogP contribution in [0, 0.1) is 5.92 Å². The Kier molecular flexibility index (Phi) is 4.98. The molecular formula is C16H27N3O4. The van der Waals surface area contributed by atoms with Crippen molar-refractivity contribution < 1.29 is 19.1 Å². The molecule has 7 nitrogen and oxygen atoms in total. The minimum atomic E-state index is -0.862. The molecule has 0 radical (unpaired) electrons. The van der Waals surface area contributed by atoms with Crippen molar-refractivity contribution in [2.24, 2.45) is 5.92 Å². The zero-order valence-electron chi connectivity index (χ0n) is 14.6. The van der Waals surface area contributed by atoms with Gasteiger partial charge in [0.05, 0.1) is 18.1 Å². The summed E-state index contributed by atoms with van der Waals surface area (Å²) in [6, 6.07) is 0.0101. The van der Waals surface area contributed by atoms with E-state index < -0.39 is 5.60 Å². The number of hydrogen-bond acceptors (Lipinski definition) is 4. The normalized spacial score (nSPS) is 22.5. The van der Waals surface area contributed by atoms with E-state index in [9.17, 15) is 14.4 Å². The summed E-state index contributed by atoms with van der Waals surface area (Å²) in [5, 5.41) is 2.59. The van der Waals surface area contributed by atoms with Crippen LogP contribution >= 0.6 is 0 Å². The summed E-state index contributed by atoms with van der Waals surface area (Å²) in [5.74, 6) is -0.442. The van der Waals surface area contributed by atoms with E-state index in [1.807, 2.05) is 13.8 Å². The monoisotopic (exact) mass is 325 g/mol. The molecule has 2 aliphatic rings. The number of hydrogen-bond donors (Lipinski definition) is 1. The molecule has 0 aliphatic carbocycles. The smallest absolute Gasteiger partial charge is 0.254 e. The molecule has 0 aromatic rings. The van der Waals surface area contributed by atoms with Gasteiger partial charge in [0.15, 0.2) is 0 Å². The summed E-state index contributed by atoms with van der Waals surface area (Å²) >= 11 is 0. The van der Waals surface area contributed by atoms with Crippen molar-refractivity contribution in [1.82, 2.24) is 15.1 Å². The van der Waals surface area contributed by atoms with E-state index in [0.29, 0.717) is 19.6 Å². The molecule has 3 amide bonds. The molecule has 2 rings (SSSR count). The highest BCUT2D eigenvalue weighted by Crippen LogP contribution is 2.27. The Morgan fingerprint density at radius 3 is 2.39 bits per heavy atom. The fraction of sp³-hybridized carbons (Fsp3) is 0.812. The number of rotatable bonds is 5. The van der Waals surface area contributed by atoms with Crippen molar-refractivity contribution in [3.63, 3.8) is 0 Å². The maximum absolute atomic E-state index is 12.5. The first-order valence-corrected chi connectivity index (χ1v) is 8.14. The van der Waals surface area contributed by atoms with Crippen molar-refractivity contribution in [3.05, 3.63) is 0 Å². The largest absolute Gasteiger partial charge is 0.363 e. The van der Waals surface area contributed by atoms with Crippen LogP contribution in [0.4, 0.5) is 0 Å². The molecule has 0 saturated carbocycles. The van der Waals surface area contributed by atoms with Crippen LogP contribution in [0.5, 0.6) is 0 Å². The van der Waals surface area contributed by atoms with Crippen molar-refractivity contribution in [1.29, 1.82) is 0 Å². The molecule has 130 valence electrons. The van der Waals surface area contributed by atoms with Gasteiger partial charge in [-0.3, -0.25) is 14.4 Å². The second kappa shape index (κ2) is 6.47. The topological polar surface area (TPSA) is 79.0 Å². The number of carbonyl (C=O) groups excluding carboxylic acids is 3. The van der Waals surface area contributed by atoms with Crippen LogP contribution in [0.3, 0.4) is 0 Å². The molecule has 1 atom stereocenters. The quantitative estimate of drug-likeness (QED) is 0.771. The summed E-state index contributed by atoms with van der Waals surface area (Å²) in [6.45, 7) is 8.80. The predicted octanol–water partition coefficient (Wildman–Crippen LogP) is -0.00470. The Hall–Kier alpha value is -1.63. The van der Waals surface area contributed by atoms with Crippen molar-refractivity contribution in [3.8, 4) is 0 Å². The van der Waals surface area contributed by atoms with E-state index in [4.69, 9.17) is 4.74 Å². The van der Waals surface area contributed by atoms with E-state index in [0.717, 1.165) is 0 Å². The molecule has 2 saturated heterocycles. The van der Waals surface area contributed by atoms with Gasteiger partial charge in [0.1, 0.15) is 5.60 Å². The van der Waals surface area contributed by atoms with Gasteiger partial charge in [-0.15, -0.1) is 0 Å². The Morgan fingerprint density at radius 2 is 1.87 bits per heavy atom. The van der Waals surface area contributed by atoms with Crippen molar-refractivity contribution in [2.75, 3.05) is 26.7 Å². The highest BCUT2D eigenvalue weighted by atomic mass is 16.5. The molecule has 23 heavy (non-hydrogen) atoms. The van der Waals surface area contributed by atoms with Crippen LogP contribution in [0.25, 0.3) is 0 Å². The highest BCUT2D eigenvalue weighted by molar-refractivity contribution is 5.90. The molecule has 1 unspecified atom stereocenters. The third kappa shape index (κ3) is 3.65. The van der Waals surface area contributed by atoms with Gasteiger partial charge in [-0.25, -0.2) is 0 Å². The third-order valence-electron chi connectivity index (χ3n) is 4.41. The molecule has 2 aliphatic heterocycles. The van der Waals surface area contributed by atoms with E-state index in [1.165, 1.54) is 0 Å². The van der Waals surface area contributed by atoms with Crippen LogP contribution in [0.1, 0.15) is 34.1 Å². The summed E-state index contributed by atoms with van der Waals surface area (Å²) in [7, 11) is 1.58. The lowest BCUT2D eigenvalue weighted by molar-refractivity contribution is -0.167. The first kappa shape index (κ1) is 17.7. The van der Waals surface area contributed by atoms with Gasteiger partial charge in [0.2, 0.25) is 11.8 Å². The molecule has 0 aromatic carbocycles. The molecule has 2 fully saturated rings. The van der Waals surface area contributed by atoms with Gasteiger partial charge >= 0.3 is 0 Å². The fourth-order valence-electron chi connectivity index (χ4n) is 3.30. The van der Waals surface area contributed by atoms with Crippen LogP contribution in [-0.2, 0) is 19.1 Å². The molecule has 0 bridgehead atoms. The van der Waals surface area contributed by atoms with E-state index in [2.05, 4.69) is 5.32 Å². The average Bonchev–Trinajstić information content (AvgIpc) is 2.76. The number of likely N-dealkylation sites (tertiary alicyclic amines) is 2. The lowest BCUT2D eigenvalue weighted by Crippen LogP contribution is -2.65. The summed E-state index contributed by atoms with van der Waals surface area (Å²) in [5.41, 5.74) is -0.862. The summed E-state index contributed by atoms with van der Waals surface area (Å²) < 4.78 is 5.68. The molecule has 2 heterocycles. The fourth-order valence-corrected chi connectivity index (χ4v) is 3.30. The van der Waals surface area contributed by atoms with Gasteiger partial charge in [-0.2, -0.15) is 0 Å². The SMILES string of the molecule is CNC(=O)C1CC(=O)N(C2CN(C(=O)C(C)(C)OC(C)C)C2)C1. The number of ether oxygens (including phenoxy) is 1. The third-order valence-corrected chi connectivity index (χ3v) is 4.41. The number of carbonyl (C=O) groups is 3. The van der Waals surface area contributed by atoms with Crippen molar-refractivity contribution >= 4 is 17.7 Å². The Balaban J connectivity index is 1.88. The Morgan fingerprint density at radius 1 is 1.26 bits per heavy atom. The van der Waals surface area contributed by atoms with Crippen LogP contribution in [-0.4, -0.2) is 72.0 Å². The molecule has 1 N–H and O–H groups in total. The van der Waals surface area contributed by atoms with E-state index in [-0.39, 0.29) is 42.2 Å². The van der Waals surface area contributed by atoms with Crippen LogP contribution in [0.2, 0.25) is 0 Å². The second-order valence-corrected chi connectivity index (χ2v) is 7.10. The average molecular weight is 325 g/mol. The second-order valence-electron chi connectivity index (χ2n) is 7.10. The maximum atomic E-state index is 12.5. The zero-order chi connectivity index (χ0) is 17.4. The maximum Gasteiger partial charge on any atom is 0.254 e. The molecule has 7 heteroatoms. The van der Waals surface area contributed by atoms with Gasteiger partial charge in [-0.1, -0.05) is 0 Å². The predicted molar refractivity (Wildman–Crippen MR) is 84.6 cm³/mol. The van der Waals surface area contributed by atoms with Gasteiger partial charge in [0, 0.05) is 33.1 Å². The molecule has 0 aromatic heterocycles. The summed E-state index contributed by atoms with van der Waals surface area (Å²) in [6.07, 6.45) is 0.228. The van der Waals surface area contributed by atoms with Gasteiger partial charge in [-0.05, 0) is 27.7 Å². The minimum absolute atomic E-state index is 0.00612. The minimum Gasteiger partial charge on any atom is -0.363 e. The Labute approximate surface area is 137 Å². The number of amides is 3. The molecule has 0 spiro atoms.